The van der Waals surface area contributed by atoms with Crippen molar-refractivity contribution in [2.45, 2.75) is 30.6 Å². The number of carbonyl (C=O) groups is 1. The van der Waals surface area contributed by atoms with E-state index in [-0.39, 0.29) is 34.9 Å². The summed E-state index contributed by atoms with van der Waals surface area (Å²) in [5, 5.41) is 11.1. The van der Waals surface area contributed by atoms with Gasteiger partial charge in [0.25, 0.3) is 0 Å². The number of rotatable bonds is 5. The van der Waals surface area contributed by atoms with Gasteiger partial charge in [-0.2, -0.15) is 5.26 Å². The van der Waals surface area contributed by atoms with Crippen molar-refractivity contribution in [1.29, 1.82) is 5.26 Å². The van der Waals surface area contributed by atoms with Crippen LogP contribution in [-0.4, -0.2) is 26.6 Å². The highest BCUT2D eigenvalue weighted by molar-refractivity contribution is 9.10. The van der Waals surface area contributed by atoms with E-state index in [0.717, 1.165) is 23.7 Å². The summed E-state index contributed by atoms with van der Waals surface area (Å²) in [6.45, 7) is -0.0402. The lowest BCUT2D eigenvalue weighted by Gasteiger charge is -2.30. The van der Waals surface area contributed by atoms with Crippen LogP contribution in [0.15, 0.2) is 33.6 Å². The van der Waals surface area contributed by atoms with Gasteiger partial charge in [0.05, 0.1) is 16.7 Å². The first-order valence-electron chi connectivity index (χ1n) is 7.57. The summed E-state index contributed by atoms with van der Waals surface area (Å²) in [6.07, 6.45) is 3.25. The van der Waals surface area contributed by atoms with Gasteiger partial charge in [0.15, 0.2) is 9.84 Å². The van der Waals surface area contributed by atoms with Crippen molar-refractivity contribution in [1.82, 2.24) is 5.32 Å². The molecular weight excluding hydrogens is 380 g/mol. The number of benzene rings is 1. The second kappa shape index (κ2) is 7.93. The highest BCUT2D eigenvalue weighted by atomic mass is 79.9. The summed E-state index contributed by atoms with van der Waals surface area (Å²) in [5.74, 6) is -0.764. The summed E-state index contributed by atoms with van der Waals surface area (Å²) < 4.78 is 26.0. The van der Waals surface area contributed by atoms with Crippen LogP contribution < -0.4 is 5.32 Å². The summed E-state index contributed by atoms with van der Waals surface area (Å²) in [5.41, 5.74) is 0. The first kappa shape index (κ1) is 18.0. The van der Waals surface area contributed by atoms with E-state index in [0.29, 0.717) is 6.42 Å². The molecule has 0 saturated heterocycles. The van der Waals surface area contributed by atoms with Crippen molar-refractivity contribution in [3.63, 3.8) is 0 Å². The molecule has 124 valence electrons. The number of hydrogen-bond acceptors (Lipinski definition) is 4. The van der Waals surface area contributed by atoms with E-state index in [9.17, 15) is 13.2 Å². The van der Waals surface area contributed by atoms with Gasteiger partial charge in [-0.3, -0.25) is 4.79 Å². The number of nitrogens with zero attached hydrogens (tertiary/aromatic N) is 1. The van der Waals surface area contributed by atoms with E-state index in [2.05, 4.69) is 21.2 Å². The first-order chi connectivity index (χ1) is 10.9. The minimum Gasteiger partial charge on any atom is -0.343 e. The van der Waals surface area contributed by atoms with Crippen LogP contribution in [0.4, 0.5) is 0 Å². The summed E-state index contributed by atoms with van der Waals surface area (Å²) in [4.78, 5) is 12.5. The molecule has 1 saturated carbocycles. The van der Waals surface area contributed by atoms with Gasteiger partial charge in [-0.25, -0.2) is 8.42 Å². The van der Waals surface area contributed by atoms with E-state index in [1.165, 1.54) is 0 Å². The van der Waals surface area contributed by atoms with Crippen molar-refractivity contribution < 1.29 is 13.2 Å². The number of halogens is 1. The molecule has 0 spiro atoms. The molecular formula is C16H19BrN2O3S. The number of sulfone groups is 1. The maximum Gasteiger partial charge on any atom is 0.224 e. The van der Waals surface area contributed by atoms with Crippen LogP contribution in [0.25, 0.3) is 0 Å². The van der Waals surface area contributed by atoms with Crippen LogP contribution in [0, 0.1) is 23.2 Å². The van der Waals surface area contributed by atoms with Gasteiger partial charge in [0, 0.05) is 10.4 Å². The summed E-state index contributed by atoms with van der Waals surface area (Å²) in [6, 6.07) is 8.43. The second-order valence-electron chi connectivity index (χ2n) is 5.76. The molecule has 2 atom stereocenters. The molecule has 1 amide bonds. The molecule has 0 aliphatic heterocycles. The lowest BCUT2D eigenvalue weighted by Crippen LogP contribution is -2.39. The van der Waals surface area contributed by atoms with Gasteiger partial charge < -0.3 is 5.32 Å². The van der Waals surface area contributed by atoms with Gasteiger partial charge in [0.2, 0.25) is 5.91 Å². The highest BCUT2D eigenvalue weighted by Crippen LogP contribution is 2.32. The van der Waals surface area contributed by atoms with Crippen molar-refractivity contribution >= 4 is 31.7 Å². The third-order valence-corrected chi connectivity index (χ3v) is 6.58. The Morgan fingerprint density at radius 1 is 1.26 bits per heavy atom. The topological polar surface area (TPSA) is 87.0 Å². The smallest absolute Gasteiger partial charge is 0.224 e. The maximum atomic E-state index is 12.6. The number of carbonyl (C=O) groups excluding carboxylic acids is 1. The zero-order chi connectivity index (χ0) is 16.9. The van der Waals surface area contributed by atoms with Crippen molar-refractivity contribution in [3.05, 3.63) is 28.7 Å². The Morgan fingerprint density at radius 3 is 2.57 bits per heavy atom. The third-order valence-electron chi connectivity index (χ3n) is 4.19. The van der Waals surface area contributed by atoms with Gasteiger partial charge >= 0.3 is 0 Å². The minimum absolute atomic E-state index is 0.0285. The average Bonchev–Trinajstić information content (AvgIpc) is 2.53. The monoisotopic (exact) mass is 398 g/mol. The Bertz CT molecular complexity index is 695. The maximum absolute atomic E-state index is 12.6. The molecule has 2 rings (SSSR count). The Labute approximate surface area is 145 Å². The van der Waals surface area contributed by atoms with Gasteiger partial charge in [-0.15, -0.1) is 0 Å². The van der Waals surface area contributed by atoms with Crippen LogP contribution in [0.2, 0.25) is 0 Å². The lowest BCUT2D eigenvalue weighted by atomic mass is 9.80. The van der Waals surface area contributed by atoms with Crippen LogP contribution in [0.1, 0.15) is 25.7 Å². The lowest BCUT2D eigenvalue weighted by molar-refractivity contribution is -0.127. The van der Waals surface area contributed by atoms with Crippen LogP contribution in [-0.2, 0) is 14.6 Å². The van der Waals surface area contributed by atoms with Crippen molar-refractivity contribution in [2.24, 2.45) is 11.8 Å². The van der Waals surface area contributed by atoms with E-state index < -0.39 is 9.84 Å². The predicted molar refractivity (Wildman–Crippen MR) is 90.3 cm³/mol. The molecule has 1 fully saturated rings. The molecule has 1 aliphatic carbocycles. The minimum atomic E-state index is -3.43. The molecule has 1 N–H and O–H groups in total. The summed E-state index contributed by atoms with van der Waals surface area (Å²) in [7, 11) is -3.43. The zero-order valence-electron chi connectivity index (χ0n) is 12.7. The average molecular weight is 399 g/mol. The third kappa shape index (κ3) is 4.79. The predicted octanol–water partition coefficient (Wildman–Crippen LogP) is 2.67. The number of nitriles is 1. The normalized spacial score (nSPS) is 21.4. The molecule has 7 heteroatoms. The quantitative estimate of drug-likeness (QED) is 0.772. The molecule has 23 heavy (non-hydrogen) atoms. The molecule has 1 aromatic carbocycles. The Hall–Kier alpha value is -1.39. The fourth-order valence-corrected chi connectivity index (χ4v) is 5.00. The van der Waals surface area contributed by atoms with Crippen LogP contribution >= 0.6 is 15.9 Å². The van der Waals surface area contributed by atoms with Crippen molar-refractivity contribution in [2.75, 3.05) is 12.3 Å². The Balaban J connectivity index is 2.13. The van der Waals surface area contributed by atoms with E-state index in [4.69, 9.17) is 5.26 Å². The Morgan fingerprint density at radius 2 is 1.91 bits per heavy atom. The van der Waals surface area contributed by atoms with Gasteiger partial charge in [0.1, 0.15) is 6.54 Å². The molecule has 0 aromatic heterocycles. The fourth-order valence-electron chi connectivity index (χ4n) is 3.03. The SMILES string of the molecule is N#CCNC(=O)[C@@H]1CCCC[C@H]1CS(=O)(=O)c1ccc(Br)cc1. The van der Waals surface area contributed by atoms with Crippen molar-refractivity contribution in [3.8, 4) is 6.07 Å². The van der Waals surface area contributed by atoms with Crippen LogP contribution in [0.5, 0.6) is 0 Å². The fraction of sp³-hybridized carbons (Fsp3) is 0.500. The number of hydrogen-bond donors (Lipinski definition) is 1. The number of amides is 1. The Kier molecular flexibility index (Phi) is 6.19. The van der Waals surface area contributed by atoms with Gasteiger partial charge in [-0.05, 0) is 43.0 Å². The largest absolute Gasteiger partial charge is 0.343 e. The molecule has 0 unspecified atom stereocenters. The molecule has 1 aromatic rings. The standard InChI is InChI=1S/C16H19BrN2O3S/c17-13-5-7-14(8-6-13)23(21,22)11-12-3-1-2-4-15(12)16(20)19-10-9-18/h5-8,12,15H,1-4,10-11H2,(H,19,20)/t12-,15+/m0/s1. The first-order valence-corrected chi connectivity index (χ1v) is 10.0. The second-order valence-corrected chi connectivity index (χ2v) is 8.71. The van der Waals surface area contributed by atoms with Crippen LogP contribution in [0.3, 0.4) is 0 Å². The zero-order valence-corrected chi connectivity index (χ0v) is 15.1. The van der Waals surface area contributed by atoms with Gasteiger partial charge in [-0.1, -0.05) is 28.8 Å². The number of nitrogens with one attached hydrogen (secondary N) is 1. The molecule has 0 radical (unpaired) electrons. The molecule has 5 nitrogen and oxygen atoms in total. The van der Waals surface area contributed by atoms with E-state index in [1.54, 1.807) is 24.3 Å². The summed E-state index contributed by atoms with van der Waals surface area (Å²) >= 11 is 3.29. The van der Waals surface area contributed by atoms with E-state index >= 15 is 0 Å². The molecule has 0 heterocycles. The highest BCUT2D eigenvalue weighted by Gasteiger charge is 2.34. The van der Waals surface area contributed by atoms with E-state index in [1.807, 2.05) is 6.07 Å². The molecule has 0 bridgehead atoms. The molecule has 1 aliphatic rings.